The van der Waals surface area contributed by atoms with Crippen molar-refractivity contribution in [3.63, 3.8) is 0 Å². The number of amides is 1. The molecule has 0 spiro atoms. The Morgan fingerprint density at radius 3 is 2.96 bits per heavy atom. The maximum Gasteiger partial charge on any atom is 0.240 e. The first-order chi connectivity index (χ1) is 12.1. The van der Waals surface area contributed by atoms with E-state index in [1.54, 1.807) is 17.0 Å². The third-order valence-electron chi connectivity index (χ3n) is 4.38. The molecular weight excluding hydrogens is 321 g/mol. The normalized spacial score (nSPS) is 17.6. The highest BCUT2D eigenvalue weighted by atomic mass is 19.1. The standard InChI is InChI=1S/C18H22FN5O/c19-15-6-3-8-17(14(15)12-21)23-9-2-1-7-16(22)18(25)24-10-4-5-13(24)11-20/h3,6,8,13,16,23H,1-2,4-5,7,9-10,22H2/t13-,16-/m0/s1. The highest BCUT2D eigenvalue weighted by Gasteiger charge is 2.31. The van der Waals surface area contributed by atoms with Gasteiger partial charge in [0.15, 0.2) is 0 Å². The summed E-state index contributed by atoms with van der Waals surface area (Å²) in [5, 5.41) is 21.0. The number of carbonyl (C=O) groups is 1. The maximum atomic E-state index is 13.5. The van der Waals surface area contributed by atoms with Crippen molar-refractivity contribution >= 4 is 11.6 Å². The number of hydrogen-bond acceptors (Lipinski definition) is 5. The Morgan fingerprint density at radius 2 is 2.24 bits per heavy atom. The summed E-state index contributed by atoms with van der Waals surface area (Å²) in [7, 11) is 0. The number of nitriles is 2. The number of hydrogen-bond donors (Lipinski definition) is 2. The number of halogens is 1. The molecule has 6 nitrogen and oxygen atoms in total. The summed E-state index contributed by atoms with van der Waals surface area (Å²) >= 11 is 0. The molecule has 25 heavy (non-hydrogen) atoms. The Balaban J connectivity index is 1.73. The molecule has 1 saturated heterocycles. The van der Waals surface area contributed by atoms with E-state index >= 15 is 0 Å². The van der Waals surface area contributed by atoms with Crippen LogP contribution in [-0.2, 0) is 4.79 Å². The van der Waals surface area contributed by atoms with E-state index < -0.39 is 11.9 Å². The second-order valence-corrected chi connectivity index (χ2v) is 6.12. The Bertz CT molecular complexity index is 694. The van der Waals surface area contributed by atoms with E-state index in [-0.39, 0.29) is 17.5 Å². The first kappa shape index (κ1) is 18.7. The molecule has 0 unspecified atom stereocenters. The number of nitrogens with two attached hydrogens (primary N) is 1. The first-order valence-corrected chi connectivity index (χ1v) is 8.46. The lowest BCUT2D eigenvalue weighted by atomic mass is 10.1. The van der Waals surface area contributed by atoms with Gasteiger partial charge in [-0.3, -0.25) is 4.79 Å². The fourth-order valence-corrected chi connectivity index (χ4v) is 3.00. The molecule has 0 radical (unpaired) electrons. The molecule has 3 N–H and O–H groups in total. The van der Waals surface area contributed by atoms with Crippen LogP contribution in [0.2, 0.25) is 0 Å². The van der Waals surface area contributed by atoms with Crippen molar-refractivity contribution in [1.82, 2.24) is 4.90 Å². The zero-order valence-electron chi connectivity index (χ0n) is 14.0. The summed E-state index contributed by atoms with van der Waals surface area (Å²) in [6, 6.07) is 7.50. The van der Waals surface area contributed by atoms with E-state index in [2.05, 4.69) is 11.4 Å². The number of anilines is 1. The van der Waals surface area contributed by atoms with Crippen molar-refractivity contribution < 1.29 is 9.18 Å². The number of nitrogens with one attached hydrogen (secondary N) is 1. The number of benzene rings is 1. The first-order valence-electron chi connectivity index (χ1n) is 8.46. The van der Waals surface area contributed by atoms with E-state index in [4.69, 9.17) is 16.3 Å². The zero-order valence-corrected chi connectivity index (χ0v) is 14.0. The van der Waals surface area contributed by atoms with Gasteiger partial charge in [0, 0.05) is 13.1 Å². The Kier molecular flexibility index (Phi) is 6.73. The van der Waals surface area contributed by atoms with Crippen LogP contribution in [-0.4, -0.2) is 36.0 Å². The molecule has 7 heteroatoms. The van der Waals surface area contributed by atoms with Crippen LogP contribution in [0.25, 0.3) is 0 Å². The molecule has 1 aliphatic rings. The van der Waals surface area contributed by atoms with E-state index in [1.165, 1.54) is 6.07 Å². The van der Waals surface area contributed by atoms with Gasteiger partial charge in [-0.25, -0.2) is 4.39 Å². The smallest absolute Gasteiger partial charge is 0.240 e. The van der Waals surface area contributed by atoms with E-state index in [1.807, 2.05) is 6.07 Å². The van der Waals surface area contributed by atoms with Crippen LogP contribution >= 0.6 is 0 Å². The number of unbranched alkanes of at least 4 members (excludes halogenated alkanes) is 1. The Morgan fingerprint density at radius 1 is 1.44 bits per heavy atom. The van der Waals surface area contributed by atoms with Gasteiger partial charge < -0.3 is 16.0 Å². The van der Waals surface area contributed by atoms with Crippen LogP contribution < -0.4 is 11.1 Å². The van der Waals surface area contributed by atoms with E-state index in [0.717, 1.165) is 19.3 Å². The van der Waals surface area contributed by atoms with Crippen molar-refractivity contribution in [2.24, 2.45) is 5.73 Å². The largest absolute Gasteiger partial charge is 0.384 e. The topological polar surface area (TPSA) is 106 Å². The summed E-state index contributed by atoms with van der Waals surface area (Å²) in [6.45, 7) is 1.16. The quantitative estimate of drug-likeness (QED) is 0.738. The molecule has 0 aromatic heterocycles. The molecule has 1 heterocycles. The van der Waals surface area contributed by atoms with Gasteiger partial charge >= 0.3 is 0 Å². The molecule has 2 rings (SSSR count). The van der Waals surface area contributed by atoms with Crippen molar-refractivity contribution in [3.05, 3.63) is 29.6 Å². The van der Waals surface area contributed by atoms with Crippen molar-refractivity contribution in [3.8, 4) is 12.1 Å². The molecule has 1 aromatic carbocycles. The van der Waals surface area contributed by atoms with Gasteiger partial charge in [-0.2, -0.15) is 10.5 Å². The molecule has 0 saturated carbocycles. The lowest BCUT2D eigenvalue weighted by Crippen LogP contribution is -2.45. The molecule has 1 fully saturated rings. The second-order valence-electron chi connectivity index (χ2n) is 6.12. The maximum absolute atomic E-state index is 13.5. The van der Waals surface area contributed by atoms with E-state index in [0.29, 0.717) is 31.6 Å². The fourth-order valence-electron chi connectivity index (χ4n) is 3.00. The van der Waals surface area contributed by atoms with Gasteiger partial charge in [0.1, 0.15) is 23.5 Å². The summed E-state index contributed by atoms with van der Waals surface area (Å²) < 4.78 is 13.5. The van der Waals surface area contributed by atoms with Crippen molar-refractivity contribution in [1.29, 1.82) is 10.5 Å². The number of rotatable bonds is 7. The van der Waals surface area contributed by atoms with E-state index in [9.17, 15) is 9.18 Å². The summed E-state index contributed by atoms with van der Waals surface area (Å²) in [6.07, 6.45) is 3.55. The Hall–Kier alpha value is -2.64. The van der Waals surface area contributed by atoms with Crippen LogP contribution in [0.15, 0.2) is 18.2 Å². The average molecular weight is 343 g/mol. The Labute approximate surface area is 147 Å². The lowest BCUT2D eigenvalue weighted by Gasteiger charge is -2.23. The summed E-state index contributed by atoms with van der Waals surface area (Å²) in [5.74, 6) is -0.702. The predicted octanol–water partition coefficient (Wildman–Crippen LogP) is 2.12. The van der Waals surface area contributed by atoms with Gasteiger partial charge in [0.05, 0.1) is 17.8 Å². The van der Waals surface area contributed by atoms with Crippen LogP contribution in [0.4, 0.5) is 10.1 Å². The molecule has 0 aliphatic carbocycles. The number of carbonyl (C=O) groups excluding carboxylic acids is 1. The third-order valence-corrected chi connectivity index (χ3v) is 4.38. The van der Waals surface area contributed by atoms with Crippen molar-refractivity contribution in [2.45, 2.75) is 44.2 Å². The van der Waals surface area contributed by atoms with Gasteiger partial charge in [-0.15, -0.1) is 0 Å². The predicted molar refractivity (Wildman–Crippen MR) is 91.8 cm³/mol. The number of nitrogens with zero attached hydrogens (tertiary/aromatic N) is 3. The number of likely N-dealkylation sites (tertiary alicyclic amines) is 1. The lowest BCUT2D eigenvalue weighted by molar-refractivity contribution is -0.132. The molecule has 1 amide bonds. The molecule has 0 bridgehead atoms. The van der Waals surface area contributed by atoms with Crippen LogP contribution in [0.5, 0.6) is 0 Å². The highest BCUT2D eigenvalue weighted by Crippen LogP contribution is 2.19. The molecule has 1 aliphatic heterocycles. The monoisotopic (exact) mass is 343 g/mol. The van der Waals surface area contributed by atoms with Gasteiger partial charge in [-0.05, 0) is 44.2 Å². The zero-order chi connectivity index (χ0) is 18.2. The minimum atomic E-state index is -0.599. The summed E-state index contributed by atoms with van der Waals surface area (Å²) in [4.78, 5) is 13.9. The van der Waals surface area contributed by atoms with Gasteiger partial charge in [0.25, 0.3) is 0 Å². The minimum Gasteiger partial charge on any atom is -0.384 e. The third kappa shape index (κ3) is 4.68. The SMILES string of the molecule is N#Cc1c(F)cccc1NCCCC[C@H](N)C(=O)N1CCC[C@H]1C#N. The average Bonchev–Trinajstić information content (AvgIpc) is 3.09. The van der Waals surface area contributed by atoms with Crippen LogP contribution in [0.1, 0.15) is 37.7 Å². The molecule has 2 atom stereocenters. The van der Waals surface area contributed by atoms with Gasteiger partial charge in [0.2, 0.25) is 5.91 Å². The molecule has 132 valence electrons. The minimum absolute atomic E-state index is 0.00552. The second kappa shape index (κ2) is 9.00. The van der Waals surface area contributed by atoms with Gasteiger partial charge in [-0.1, -0.05) is 6.07 Å². The molecular formula is C18H22FN5O. The van der Waals surface area contributed by atoms with Crippen LogP contribution in [0, 0.1) is 28.5 Å². The van der Waals surface area contributed by atoms with Crippen LogP contribution in [0.3, 0.4) is 0 Å². The molecule has 1 aromatic rings. The fraction of sp³-hybridized carbons (Fsp3) is 0.500. The highest BCUT2D eigenvalue weighted by molar-refractivity contribution is 5.82. The summed E-state index contributed by atoms with van der Waals surface area (Å²) in [5.41, 5.74) is 6.43. The van der Waals surface area contributed by atoms with Crippen molar-refractivity contribution in [2.75, 3.05) is 18.4 Å².